The zero-order chi connectivity index (χ0) is 22.8. The molecule has 2 N–H and O–H groups in total. The normalized spacial score (nSPS) is 17.8. The number of likely N-dealkylation sites (N-methyl/N-ethyl adjacent to an activating group) is 1. The molecule has 0 aromatic heterocycles. The van der Waals surface area contributed by atoms with Crippen molar-refractivity contribution in [3.63, 3.8) is 0 Å². The molecule has 1 saturated heterocycles. The van der Waals surface area contributed by atoms with E-state index in [2.05, 4.69) is 22.2 Å². The van der Waals surface area contributed by atoms with Gasteiger partial charge in [-0.3, -0.25) is 14.5 Å². The van der Waals surface area contributed by atoms with E-state index < -0.39 is 23.4 Å². The summed E-state index contributed by atoms with van der Waals surface area (Å²) in [6.45, 7) is 8.47. The Kier molecular flexibility index (Phi) is 6.66. The third-order valence-corrected chi connectivity index (χ3v) is 5.09. The monoisotopic (exact) mass is 430 g/mol. The molecule has 9 heteroatoms. The summed E-state index contributed by atoms with van der Waals surface area (Å²) < 4.78 is 5.52. The molecule has 3 rings (SSSR count). The molecule has 0 unspecified atom stereocenters. The SMILES string of the molecule is CN1CCN(c2ccc(C(=O)OC(C)(C)C)c(NC3=CC(=O)N(CCO)C3=O)c2)CC1. The first-order valence-electron chi connectivity index (χ1n) is 10.4. The van der Waals surface area contributed by atoms with Gasteiger partial charge < -0.3 is 25.0 Å². The largest absolute Gasteiger partial charge is 0.456 e. The smallest absolute Gasteiger partial charge is 0.340 e. The van der Waals surface area contributed by atoms with Crippen molar-refractivity contribution in [1.29, 1.82) is 0 Å². The van der Waals surface area contributed by atoms with Crippen LogP contribution in [0.1, 0.15) is 31.1 Å². The maximum Gasteiger partial charge on any atom is 0.340 e. The van der Waals surface area contributed by atoms with E-state index in [1.807, 2.05) is 6.07 Å². The molecule has 168 valence electrons. The Labute approximate surface area is 182 Å². The lowest BCUT2D eigenvalue weighted by Gasteiger charge is -2.34. The standard InChI is InChI=1S/C22H30N4O5/c1-22(2,3)31-21(30)16-6-5-15(25-9-7-24(4)8-10-25)13-17(16)23-18-14-19(28)26(11-12-27)20(18)29/h5-6,13-14,23,27H,7-12H2,1-4H3. The van der Waals surface area contributed by atoms with Crippen molar-refractivity contribution >= 4 is 29.2 Å². The van der Waals surface area contributed by atoms with E-state index in [1.165, 1.54) is 6.08 Å². The summed E-state index contributed by atoms with van der Waals surface area (Å²) in [5, 5.41) is 12.1. The lowest BCUT2D eigenvalue weighted by molar-refractivity contribution is -0.137. The van der Waals surface area contributed by atoms with Crippen LogP contribution in [0, 0.1) is 0 Å². The fraction of sp³-hybridized carbons (Fsp3) is 0.500. The number of rotatable bonds is 6. The molecule has 0 radical (unpaired) electrons. The number of aliphatic hydroxyl groups excluding tert-OH is 1. The van der Waals surface area contributed by atoms with Gasteiger partial charge in [-0.1, -0.05) is 0 Å². The molecule has 2 aliphatic rings. The number of β-amino-alcohol motifs (C(OH)–C–C–N with tert-alkyl or cyclic N) is 1. The molecule has 0 spiro atoms. The van der Waals surface area contributed by atoms with E-state index in [0.29, 0.717) is 5.69 Å². The van der Waals surface area contributed by atoms with Gasteiger partial charge in [-0.25, -0.2) is 4.79 Å². The van der Waals surface area contributed by atoms with Crippen LogP contribution in [-0.2, 0) is 14.3 Å². The van der Waals surface area contributed by atoms with E-state index in [-0.39, 0.29) is 24.4 Å². The molecule has 0 aliphatic carbocycles. The second-order valence-corrected chi connectivity index (χ2v) is 8.72. The van der Waals surface area contributed by atoms with Gasteiger partial charge in [-0.05, 0) is 46.0 Å². The maximum absolute atomic E-state index is 12.8. The van der Waals surface area contributed by atoms with Crippen LogP contribution in [0.2, 0.25) is 0 Å². The van der Waals surface area contributed by atoms with E-state index in [1.54, 1.807) is 32.9 Å². The highest BCUT2D eigenvalue weighted by Crippen LogP contribution is 2.29. The summed E-state index contributed by atoms with van der Waals surface area (Å²) in [7, 11) is 2.07. The van der Waals surface area contributed by atoms with Gasteiger partial charge in [0.25, 0.3) is 11.8 Å². The lowest BCUT2D eigenvalue weighted by atomic mass is 10.1. The first-order valence-corrected chi connectivity index (χ1v) is 10.4. The predicted molar refractivity (Wildman–Crippen MR) is 117 cm³/mol. The van der Waals surface area contributed by atoms with Crippen molar-refractivity contribution in [2.24, 2.45) is 0 Å². The van der Waals surface area contributed by atoms with Gasteiger partial charge in [0.15, 0.2) is 0 Å². The highest BCUT2D eigenvalue weighted by atomic mass is 16.6. The molecule has 1 aromatic rings. The van der Waals surface area contributed by atoms with Crippen LogP contribution in [0.25, 0.3) is 0 Å². The van der Waals surface area contributed by atoms with Crippen molar-refractivity contribution in [1.82, 2.24) is 9.80 Å². The number of amides is 2. The average Bonchev–Trinajstić information content (AvgIpc) is 2.95. The number of benzene rings is 1. The summed E-state index contributed by atoms with van der Waals surface area (Å²) in [5.41, 5.74) is 0.950. The molecule has 31 heavy (non-hydrogen) atoms. The Balaban J connectivity index is 1.91. The molecule has 9 nitrogen and oxygen atoms in total. The van der Waals surface area contributed by atoms with Gasteiger partial charge in [0.1, 0.15) is 11.3 Å². The van der Waals surface area contributed by atoms with Crippen molar-refractivity contribution in [3.8, 4) is 0 Å². The number of carbonyl (C=O) groups excluding carboxylic acids is 3. The summed E-state index contributed by atoms with van der Waals surface area (Å²) in [4.78, 5) is 42.9. The Hall–Kier alpha value is -2.91. The lowest BCUT2D eigenvalue weighted by Crippen LogP contribution is -2.44. The second-order valence-electron chi connectivity index (χ2n) is 8.72. The van der Waals surface area contributed by atoms with Gasteiger partial charge in [-0.15, -0.1) is 0 Å². The minimum Gasteiger partial charge on any atom is -0.456 e. The van der Waals surface area contributed by atoms with Crippen molar-refractivity contribution in [3.05, 3.63) is 35.5 Å². The first kappa shape index (κ1) is 22.8. The van der Waals surface area contributed by atoms with E-state index in [9.17, 15) is 14.4 Å². The average molecular weight is 431 g/mol. The van der Waals surface area contributed by atoms with Crippen LogP contribution in [0.3, 0.4) is 0 Å². The van der Waals surface area contributed by atoms with Crippen molar-refractivity contribution < 1.29 is 24.2 Å². The number of nitrogens with one attached hydrogen (secondary N) is 1. The number of hydrogen-bond acceptors (Lipinski definition) is 8. The first-order chi connectivity index (χ1) is 14.6. The molecule has 0 bridgehead atoms. The van der Waals surface area contributed by atoms with Crippen LogP contribution in [0.5, 0.6) is 0 Å². The fourth-order valence-corrected chi connectivity index (χ4v) is 3.46. The van der Waals surface area contributed by atoms with Gasteiger partial charge in [-0.2, -0.15) is 0 Å². The van der Waals surface area contributed by atoms with Crippen LogP contribution in [0.15, 0.2) is 30.0 Å². The number of imide groups is 1. The van der Waals surface area contributed by atoms with E-state index in [4.69, 9.17) is 9.84 Å². The van der Waals surface area contributed by atoms with Crippen LogP contribution in [-0.4, -0.2) is 84.7 Å². The minimum atomic E-state index is -0.680. The van der Waals surface area contributed by atoms with E-state index >= 15 is 0 Å². The number of aliphatic hydroxyl groups is 1. The molecule has 0 saturated carbocycles. The molecule has 2 aliphatic heterocycles. The quantitative estimate of drug-likeness (QED) is 0.510. The van der Waals surface area contributed by atoms with Gasteiger partial charge in [0.05, 0.1) is 24.4 Å². The molecule has 2 amide bonds. The summed E-state index contributed by atoms with van der Waals surface area (Å²) in [6.07, 6.45) is 1.18. The number of piperazine rings is 1. The summed E-state index contributed by atoms with van der Waals surface area (Å²) in [6, 6.07) is 5.35. The third kappa shape index (κ3) is 5.42. The van der Waals surface area contributed by atoms with Gasteiger partial charge in [0.2, 0.25) is 0 Å². The summed E-state index contributed by atoms with van der Waals surface area (Å²) in [5.74, 6) is -1.57. The summed E-state index contributed by atoms with van der Waals surface area (Å²) >= 11 is 0. The molecule has 0 atom stereocenters. The number of anilines is 2. The maximum atomic E-state index is 12.8. The third-order valence-electron chi connectivity index (χ3n) is 5.09. The van der Waals surface area contributed by atoms with Crippen LogP contribution in [0.4, 0.5) is 11.4 Å². The highest BCUT2D eigenvalue weighted by Gasteiger charge is 2.32. The number of carbonyl (C=O) groups is 3. The van der Waals surface area contributed by atoms with Gasteiger partial charge in [0, 0.05) is 37.9 Å². The molecule has 2 heterocycles. The predicted octanol–water partition coefficient (Wildman–Crippen LogP) is 1.05. The van der Waals surface area contributed by atoms with Crippen molar-refractivity contribution in [2.45, 2.75) is 26.4 Å². The molecular formula is C22H30N4O5. The van der Waals surface area contributed by atoms with Crippen molar-refractivity contribution in [2.75, 3.05) is 56.6 Å². The molecular weight excluding hydrogens is 400 g/mol. The number of hydrogen-bond donors (Lipinski definition) is 2. The van der Waals surface area contributed by atoms with Crippen LogP contribution >= 0.6 is 0 Å². The Morgan fingerprint density at radius 3 is 2.45 bits per heavy atom. The fourth-order valence-electron chi connectivity index (χ4n) is 3.46. The van der Waals surface area contributed by atoms with Crippen LogP contribution < -0.4 is 10.2 Å². The molecule has 1 fully saturated rings. The van der Waals surface area contributed by atoms with E-state index in [0.717, 1.165) is 36.8 Å². The van der Waals surface area contributed by atoms with Gasteiger partial charge >= 0.3 is 5.97 Å². The highest BCUT2D eigenvalue weighted by molar-refractivity contribution is 6.17. The number of ether oxygens (including phenoxy) is 1. The Morgan fingerprint density at radius 2 is 1.84 bits per heavy atom. The second kappa shape index (κ2) is 9.07. The Bertz CT molecular complexity index is 898. The molecule has 1 aromatic carbocycles. The topological polar surface area (TPSA) is 102 Å². The minimum absolute atomic E-state index is 0.0544. The zero-order valence-electron chi connectivity index (χ0n) is 18.5. The number of esters is 1. The number of nitrogens with zero attached hydrogens (tertiary/aromatic N) is 3. The zero-order valence-corrected chi connectivity index (χ0v) is 18.5. The Morgan fingerprint density at radius 1 is 1.16 bits per heavy atom.